The van der Waals surface area contributed by atoms with Crippen molar-refractivity contribution in [3.05, 3.63) is 10.9 Å². The molecule has 1 aromatic heterocycles. The van der Waals surface area contributed by atoms with E-state index in [1.165, 1.54) is 11.3 Å². The van der Waals surface area contributed by atoms with Crippen LogP contribution in [0.4, 0.5) is 10.7 Å². The topological polar surface area (TPSA) is 46.3 Å². The minimum atomic E-state index is 0.669. The maximum Gasteiger partial charge on any atom is 0.160 e. The van der Waals surface area contributed by atoms with Gasteiger partial charge in [0.15, 0.2) is 6.29 Å². The molecule has 0 saturated carbocycles. The molecule has 0 atom stereocenters. The first-order valence-electron chi connectivity index (χ1n) is 3.17. The normalized spacial score (nSPS) is 9.64. The molecule has 1 heterocycles. The average molecular weight is 170 g/mol. The number of carbonyl (C=O) groups is 1. The average Bonchev–Trinajstić information content (AvgIpc) is 2.30. The van der Waals surface area contributed by atoms with Crippen LogP contribution < -0.4 is 10.6 Å². The fourth-order valence-corrected chi connectivity index (χ4v) is 1.64. The molecule has 1 rings (SSSR count). The number of nitrogens with two attached hydrogens (primary N) is 1. The van der Waals surface area contributed by atoms with Gasteiger partial charge in [-0.15, -0.1) is 11.3 Å². The molecule has 4 heteroatoms. The molecule has 0 saturated heterocycles. The molecule has 0 spiro atoms. The van der Waals surface area contributed by atoms with Gasteiger partial charge in [0.2, 0.25) is 0 Å². The summed E-state index contributed by atoms with van der Waals surface area (Å²) in [5.41, 5.74) is 6.30. The number of anilines is 2. The molecule has 0 fully saturated rings. The van der Waals surface area contributed by atoms with Crippen molar-refractivity contribution in [1.82, 2.24) is 0 Å². The molecule has 0 aliphatic heterocycles. The van der Waals surface area contributed by atoms with Crippen molar-refractivity contribution >= 4 is 28.3 Å². The van der Waals surface area contributed by atoms with Crippen LogP contribution in [0.25, 0.3) is 0 Å². The standard InChI is InChI=1S/C7H10N2OS/c1-9(2)7-6(8)3-5(4-10)11-7/h3-4H,8H2,1-2H3. The van der Waals surface area contributed by atoms with Gasteiger partial charge in [-0.25, -0.2) is 0 Å². The van der Waals surface area contributed by atoms with E-state index >= 15 is 0 Å². The fourth-order valence-electron chi connectivity index (χ4n) is 0.823. The fraction of sp³-hybridized carbons (Fsp3) is 0.286. The molecular weight excluding hydrogens is 160 g/mol. The third-order valence-corrected chi connectivity index (χ3v) is 2.53. The second-order valence-corrected chi connectivity index (χ2v) is 3.48. The Kier molecular flexibility index (Phi) is 2.14. The van der Waals surface area contributed by atoms with Crippen LogP contribution in [0.15, 0.2) is 6.07 Å². The van der Waals surface area contributed by atoms with Gasteiger partial charge in [-0.05, 0) is 6.07 Å². The molecule has 0 bridgehead atoms. The number of rotatable bonds is 2. The van der Waals surface area contributed by atoms with E-state index in [0.29, 0.717) is 10.6 Å². The highest BCUT2D eigenvalue weighted by Crippen LogP contribution is 2.31. The molecule has 0 aliphatic carbocycles. The predicted molar refractivity (Wildman–Crippen MR) is 48.4 cm³/mol. The van der Waals surface area contributed by atoms with E-state index in [-0.39, 0.29) is 0 Å². The van der Waals surface area contributed by atoms with Crippen molar-refractivity contribution in [2.45, 2.75) is 0 Å². The number of hydrogen-bond acceptors (Lipinski definition) is 4. The molecule has 0 aromatic carbocycles. The molecule has 1 aromatic rings. The van der Waals surface area contributed by atoms with Crippen LogP contribution in [0.3, 0.4) is 0 Å². The Balaban J connectivity index is 3.06. The summed E-state index contributed by atoms with van der Waals surface area (Å²) in [6.45, 7) is 0. The second kappa shape index (κ2) is 2.92. The maximum atomic E-state index is 10.3. The quantitative estimate of drug-likeness (QED) is 0.678. The van der Waals surface area contributed by atoms with Crippen LogP contribution in [0.2, 0.25) is 0 Å². The van der Waals surface area contributed by atoms with Crippen LogP contribution in [0.1, 0.15) is 9.67 Å². The zero-order valence-corrected chi connectivity index (χ0v) is 7.31. The molecule has 0 radical (unpaired) electrons. The number of carbonyl (C=O) groups excluding carboxylic acids is 1. The van der Waals surface area contributed by atoms with Gasteiger partial charge in [0, 0.05) is 14.1 Å². The summed E-state index contributed by atoms with van der Waals surface area (Å²) in [5.74, 6) is 0. The number of thiophene rings is 1. The van der Waals surface area contributed by atoms with Crippen molar-refractivity contribution in [2.75, 3.05) is 24.7 Å². The van der Waals surface area contributed by atoms with Gasteiger partial charge in [-0.2, -0.15) is 0 Å². The largest absolute Gasteiger partial charge is 0.396 e. The van der Waals surface area contributed by atoms with Gasteiger partial charge in [-0.3, -0.25) is 4.79 Å². The van der Waals surface area contributed by atoms with Crippen molar-refractivity contribution in [2.24, 2.45) is 0 Å². The molecule has 2 N–H and O–H groups in total. The lowest BCUT2D eigenvalue weighted by molar-refractivity contribution is 0.112. The van der Waals surface area contributed by atoms with E-state index in [1.807, 2.05) is 19.0 Å². The van der Waals surface area contributed by atoms with Crippen LogP contribution in [-0.4, -0.2) is 20.4 Å². The Hall–Kier alpha value is -1.03. The van der Waals surface area contributed by atoms with Crippen molar-refractivity contribution < 1.29 is 4.79 Å². The van der Waals surface area contributed by atoms with E-state index in [0.717, 1.165) is 11.3 Å². The van der Waals surface area contributed by atoms with Gasteiger partial charge in [0.25, 0.3) is 0 Å². The molecule has 0 aliphatic rings. The van der Waals surface area contributed by atoms with Gasteiger partial charge in [0.05, 0.1) is 10.6 Å². The van der Waals surface area contributed by atoms with E-state index < -0.39 is 0 Å². The second-order valence-electron chi connectivity index (χ2n) is 2.42. The molecular formula is C7H10N2OS. The van der Waals surface area contributed by atoms with E-state index in [1.54, 1.807) is 6.07 Å². The number of aldehydes is 1. The zero-order valence-electron chi connectivity index (χ0n) is 6.50. The van der Waals surface area contributed by atoms with E-state index in [2.05, 4.69) is 0 Å². The van der Waals surface area contributed by atoms with Gasteiger partial charge in [0.1, 0.15) is 5.00 Å². The van der Waals surface area contributed by atoms with Gasteiger partial charge < -0.3 is 10.6 Å². The van der Waals surface area contributed by atoms with Gasteiger partial charge >= 0.3 is 0 Å². The van der Waals surface area contributed by atoms with Crippen LogP contribution in [0, 0.1) is 0 Å². The van der Waals surface area contributed by atoms with Crippen LogP contribution in [0.5, 0.6) is 0 Å². The monoisotopic (exact) mass is 170 g/mol. The SMILES string of the molecule is CN(C)c1sc(C=O)cc1N. The van der Waals surface area contributed by atoms with Crippen molar-refractivity contribution in [3.8, 4) is 0 Å². The van der Waals surface area contributed by atoms with Crippen LogP contribution >= 0.6 is 11.3 Å². The Morgan fingerprint density at radius 1 is 1.64 bits per heavy atom. The molecule has 60 valence electrons. The van der Waals surface area contributed by atoms with Crippen LogP contribution in [-0.2, 0) is 0 Å². The summed E-state index contributed by atoms with van der Waals surface area (Å²) in [4.78, 5) is 12.9. The lowest BCUT2D eigenvalue weighted by atomic mass is 10.4. The summed E-state index contributed by atoms with van der Waals surface area (Å²) in [6, 6.07) is 1.69. The lowest BCUT2D eigenvalue weighted by Crippen LogP contribution is -2.08. The Bertz CT molecular complexity index is 267. The molecule has 0 amide bonds. The first-order valence-corrected chi connectivity index (χ1v) is 3.98. The number of hydrogen-bond donors (Lipinski definition) is 1. The van der Waals surface area contributed by atoms with Gasteiger partial charge in [-0.1, -0.05) is 0 Å². The summed E-state index contributed by atoms with van der Waals surface area (Å²) in [5, 5.41) is 0.937. The maximum absolute atomic E-state index is 10.3. The summed E-state index contributed by atoms with van der Waals surface area (Å²) in [6.07, 6.45) is 0.814. The smallest absolute Gasteiger partial charge is 0.160 e. The van der Waals surface area contributed by atoms with Crippen molar-refractivity contribution in [1.29, 1.82) is 0 Å². The first kappa shape index (κ1) is 8.07. The highest BCUT2D eigenvalue weighted by atomic mass is 32.1. The highest BCUT2D eigenvalue weighted by molar-refractivity contribution is 7.18. The zero-order chi connectivity index (χ0) is 8.43. The summed E-state index contributed by atoms with van der Waals surface area (Å²) >= 11 is 1.40. The lowest BCUT2D eigenvalue weighted by Gasteiger charge is -2.09. The predicted octanol–water partition coefficient (Wildman–Crippen LogP) is 1.21. The Labute approximate surface area is 69.4 Å². The first-order chi connectivity index (χ1) is 5.15. The third-order valence-electron chi connectivity index (χ3n) is 1.28. The third kappa shape index (κ3) is 1.51. The summed E-state index contributed by atoms with van der Waals surface area (Å²) < 4.78 is 0. The van der Waals surface area contributed by atoms with Crippen molar-refractivity contribution in [3.63, 3.8) is 0 Å². The number of nitrogens with zero attached hydrogens (tertiary/aromatic N) is 1. The van der Waals surface area contributed by atoms with E-state index in [4.69, 9.17) is 5.73 Å². The molecule has 3 nitrogen and oxygen atoms in total. The van der Waals surface area contributed by atoms with E-state index in [9.17, 15) is 4.79 Å². The number of nitrogen functional groups attached to an aromatic ring is 1. The highest BCUT2D eigenvalue weighted by Gasteiger charge is 2.06. The molecule has 11 heavy (non-hydrogen) atoms. The minimum absolute atomic E-state index is 0.669. The Morgan fingerprint density at radius 2 is 2.27 bits per heavy atom. The summed E-state index contributed by atoms with van der Waals surface area (Å²) in [7, 11) is 3.80. The Morgan fingerprint density at radius 3 is 2.55 bits per heavy atom. The molecule has 0 unspecified atom stereocenters. The minimum Gasteiger partial charge on any atom is -0.396 e.